The molecule has 7 heteroatoms. The third kappa shape index (κ3) is 4.28. The number of aliphatic hydroxyl groups excluding tert-OH is 1. The zero-order valence-electron chi connectivity index (χ0n) is 14.3. The third-order valence-electron chi connectivity index (χ3n) is 4.85. The van der Waals surface area contributed by atoms with Gasteiger partial charge >= 0.3 is 6.03 Å². The average molecular weight is 337 g/mol. The van der Waals surface area contributed by atoms with E-state index in [1.165, 1.54) is 0 Å². The number of likely N-dealkylation sites (tertiary alicyclic amines) is 1. The number of rotatable bonds is 7. The van der Waals surface area contributed by atoms with E-state index in [4.69, 9.17) is 9.15 Å². The van der Waals surface area contributed by atoms with Gasteiger partial charge in [-0.05, 0) is 25.0 Å². The molecule has 7 nitrogen and oxygen atoms in total. The highest BCUT2D eigenvalue weighted by atomic mass is 16.5. The fourth-order valence-corrected chi connectivity index (χ4v) is 3.46. The molecule has 0 aliphatic carbocycles. The van der Waals surface area contributed by atoms with E-state index in [0.717, 1.165) is 44.8 Å². The molecule has 3 heterocycles. The number of ether oxygens (including phenoxy) is 1. The average Bonchev–Trinajstić information content (AvgIpc) is 3.20. The number of furan rings is 1. The number of hydrogen-bond acceptors (Lipinski definition) is 5. The minimum Gasteiger partial charge on any atom is -0.467 e. The summed E-state index contributed by atoms with van der Waals surface area (Å²) in [6, 6.07) is 4.17. The molecule has 0 unspecified atom stereocenters. The SMILES string of the molecule is CN1CCN(C2CCN(C[C@H](O)COCc3ccco3)CC2)C1=O. The van der Waals surface area contributed by atoms with Crippen LogP contribution in [-0.4, -0.2) is 84.4 Å². The van der Waals surface area contributed by atoms with Gasteiger partial charge in [-0.25, -0.2) is 4.79 Å². The van der Waals surface area contributed by atoms with Crippen molar-refractivity contribution >= 4 is 6.03 Å². The minimum absolute atomic E-state index is 0.153. The Morgan fingerprint density at radius 3 is 2.75 bits per heavy atom. The second-order valence-corrected chi connectivity index (χ2v) is 6.68. The van der Waals surface area contributed by atoms with Crippen LogP contribution in [0.5, 0.6) is 0 Å². The topological polar surface area (TPSA) is 69.4 Å². The first-order valence-corrected chi connectivity index (χ1v) is 8.66. The van der Waals surface area contributed by atoms with Crippen molar-refractivity contribution in [3.63, 3.8) is 0 Å². The predicted molar refractivity (Wildman–Crippen MR) is 88.6 cm³/mol. The first-order chi connectivity index (χ1) is 11.6. The lowest BCUT2D eigenvalue weighted by atomic mass is 10.0. The molecule has 2 amide bonds. The predicted octanol–water partition coefficient (Wildman–Crippen LogP) is 0.989. The van der Waals surface area contributed by atoms with Crippen molar-refractivity contribution in [2.75, 3.05) is 46.4 Å². The van der Waals surface area contributed by atoms with E-state index in [9.17, 15) is 9.90 Å². The van der Waals surface area contributed by atoms with Crippen molar-refractivity contribution in [1.29, 1.82) is 0 Å². The Bertz CT molecular complexity index is 514. The number of hydrogen-bond donors (Lipinski definition) is 1. The molecule has 0 spiro atoms. The van der Waals surface area contributed by atoms with Crippen molar-refractivity contribution in [2.24, 2.45) is 0 Å². The maximum Gasteiger partial charge on any atom is 0.320 e. The van der Waals surface area contributed by atoms with Crippen molar-refractivity contribution in [1.82, 2.24) is 14.7 Å². The fourth-order valence-electron chi connectivity index (χ4n) is 3.46. The van der Waals surface area contributed by atoms with Crippen molar-refractivity contribution in [3.8, 4) is 0 Å². The van der Waals surface area contributed by atoms with Crippen LogP contribution in [0.3, 0.4) is 0 Å². The van der Waals surface area contributed by atoms with E-state index < -0.39 is 6.10 Å². The van der Waals surface area contributed by atoms with Gasteiger partial charge in [0.25, 0.3) is 0 Å². The van der Waals surface area contributed by atoms with Gasteiger partial charge in [-0.3, -0.25) is 0 Å². The van der Waals surface area contributed by atoms with E-state index in [1.54, 1.807) is 11.2 Å². The Balaban J connectivity index is 1.33. The van der Waals surface area contributed by atoms with Gasteiger partial charge in [-0.2, -0.15) is 0 Å². The molecule has 0 saturated carbocycles. The van der Waals surface area contributed by atoms with Crippen LogP contribution < -0.4 is 0 Å². The van der Waals surface area contributed by atoms with Gasteiger partial charge in [0.2, 0.25) is 0 Å². The second kappa shape index (κ2) is 8.00. The summed E-state index contributed by atoms with van der Waals surface area (Å²) in [6.07, 6.45) is 3.05. The monoisotopic (exact) mass is 337 g/mol. The lowest BCUT2D eigenvalue weighted by Crippen LogP contribution is -2.48. The Morgan fingerprint density at radius 1 is 1.33 bits per heavy atom. The summed E-state index contributed by atoms with van der Waals surface area (Å²) in [7, 11) is 1.86. The normalized spacial score (nSPS) is 21.7. The van der Waals surface area contributed by atoms with Crippen LogP contribution in [-0.2, 0) is 11.3 Å². The van der Waals surface area contributed by atoms with Gasteiger partial charge in [-0.1, -0.05) is 0 Å². The Labute approximate surface area is 142 Å². The number of β-amino-alcohol motifs (C(OH)–C–C–N with tert-alkyl or cyclic N) is 1. The van der Waals surface area contributed by atoms with Crippen LogP contribution in [0.2, 0.25) is 0 Å². The first kappa shape index (κ1) is 17.3. The highest BCUT2D eigenvalue weighted by Gasteiger charge is 2.33. The molecule has 3 rings (SSSR count). The molecule has 2 aliphatic rings. The van der Waals surface area contributed by atoms with Crippen LogP contribution in [0.15, 0.2) is 22.8 Å². The van der Waals surface area contributed by atoms with Crippen LogP contribution >= 0.6 is 0 Å². The lowest BCUT2D eigenvalue weighted by molar-refractivity contribution is -0.000815. The second-order valence-electron chi connectivity index (χ2n) is 6.68. The summed E-state index contributed by atoms with van der Waals surface area (Å²) >= 11 is 0. The molecule has 1 atom stereocenters. The van der Waals surface area contributed by atoms with E-state index in [2.05, 4.69) is 4.90 Å². The maximum atomic E-state index is 12.1. The molecular formula is C17H27N3O4. The van der Waals surface area contributed by atoms with Gasteiger partial charge in [-0.15, -0.1) is 0 Å². The standard InChI is InChI=1S/C17H27N3O4/c1-18-8-9-20(17(18)22)14-4-6-19(7-5-14)11-15(21)12-23-13-16-3-2-10-24-16/h2-3,10,14-15,21H,4-9,11-13H2,1H3/t15-/m0/s1. The summed E-state index contributed by atoms with van der Waals surface area (Å²) in [5.41, 5.74) is 0. The Morgan fingerprint density at radius 2 is 2.12 bits per heavy atom. The van der Waals surface area contributed by atoms with Crippen molar-refractivity contribution in [2.45, 2.75) is 31.6 Å². The number of nitrogens with zero attached hydrogens (tertiary/aromatic N) is 3. The molecule has 0 aromatic carbocycles. The number of likely N-dealkylation sites (N-methyl/N-ethyl adjacent to an activating group) is 1. The van der Waals surface area contributed by atoms with Gasteiger partial charge in [0.15, 0.2) is 0 Å². The quantitative estimate of drug-likeness (QED) is 0.803. The van der Waals surface area contributed by atoms with Crippen LogP contribution in [0, 0.1) is 0 Å². The van der Waals surface area contributed by atoms with E-state index in [1.807, 2.05) is 24.1 Å². The number of carbonyl (C=O) groups excluding carboxylic acids is 1. The summed E-state index contributed by atoms with van der Waals surface area (Å²) in [5.74, 6) is 0.767. The summed E-state index contributed by atoms with van der Waals surface area (Å²) in [5, 5.41) is 10.1. The van der Waals surface area contributed by atoms with Gasteiger partial charge in [0.05, 0.1) is 19.0 Å². The Kier molecular flexibility index (Phi) is 5.76. The van der Waals surface area contributed by atoms with Gasteiger partial charge in [0.1, 0.15) is 12.4 Å². The number of piperidine rings is 1. The number of urea groups is 1. The molecule has 2 fully saturated rings. The van der Waals surface area contributed by atoms with Crippen LogP contribution in [0.25, 0.3) is 0 Å². The summed E-state index contributed by atoms with van der Waals surface area (Å²) < 4.78 is 10.7. The molecule has 134 valence electrons. The van der Waals surface area contributed by atoms with E-state index >= 15 is 0 Å². The zero-order chi connectivity index (χ0) is 16.9. The van der Waals surface area contributed by atoms with Crippen molar-refractivity contribution < 1.29 is 19.1 Å². The molecule has 2 aliphatic heterocycles. The fraction of sp³-hybridized carbons (Fsp3) is 0.706. The zero-order valence-corrected chi connectivity index (χ0v) is 14.3. The van der Waals surface area contributed by atoms with Crippen LogP contribution in [0.4, 0.5) is 4.79 Å². The highest BCUT2D eigenvalue weighted by Crippen LogP contribution is 2.20. The van der Waals surface area contributed by atoms with Crippen LogP contribution in [0.1, 0.15) is 18.6 Å². The minimum atomic E-state index is -0.504. The van der Waals surface area contributed by atoms with Gasteiger partial charge < -0.3 is 29.0 Å². The number of carbonyl (C=O) groups is 1. The molecular weight excluding hydrogens is 310 g/mol. The highest BCUT2D eigenvalue weighted by molar-refractivity contribution is 5.76. The molecule has 1 aromatic heterocycles. The number of aliphatic hydroxyl groups is 1. The first-order valence-electron chi connectivity index (χ1n) is 8.66. The molecule has 1 N–H and O–H groups in total. The third-order valence-corrected chi connectivity index (χ3v) is 4.85. The number of amides is 2. The smallest absolute Gasteiger partial charge is 0.320 e. The Hall–Kier alpha value is -1.57. The van der Waals surface area contributed by atoms with Crippen molar-refractivity contribution in [3.05, 3.63) is 24.2 Å². The van der Waals surface area contributed by atoms with E-state index in [-0.39, 0.29) is 6.03 Å². The molecule has 24 heavy (non-hydrogen) atoms. The van der Waals surface area contributed by atoms with E-state index in [0.29, 0.717) is 25.8 Å². The largest absolute Gasteiger partial charge is 0.467 e. The lowest BCUT2D eigenvalue weighted by Gasteiger charge is -2.37. The summed E-state index contributed by atoms with van der Waals surface area (Å²) in [4.78, 5) is 18.1. The molecule has 1 aromatic rings. The van der Waals surface area contributed by atoms with Gasteiger partial charge in [0, 0.05) is 45.8 Å². The summed E-state index contributed by atoms with van der Waals surface area (Å²) in [6.45, 7) is 4.78. The molecule has 0 bridgehead atoms. The maximum absolute atomic E-state index is 12.1. The molecule has 2 saturated heterocycles. The molecule has 0 radical (unpaired) electrons.